The summed E-state index contributed by atoms with van der Waals surface area (Å²) in [6.07, 6.45) is 5.40. The maximum Gasteiger partial charge on any atom is 0.225 e. The fourth-order valence-electron chi connectivity index (χ4n) is 2.15. The molecule has 6 heteroatoms. The molecule has 19 heavy (non-hydrogen) atoms. The van der Waals surface area contributed by atoms with E-state index >= 15 is 0 Å². The molecule has 0 aromatic carbocycles. The van der Waals surface area contributed by atoms with Gasteiger partial charge in [-0.2, -0.15) is 0 Å². The Hall–Kier alpha value is -1.69. The fourth-order valence-corrected chi connectivity index (χ4v) is 2.35. The highest BCUT2D eigenvalue weighted by Gasteiger charge is 2.19. The van der Waals surface area contributed by atoms with Gasteiger partial charge in [0, 0.05) is 44.8 Å². The summed E-state index contributed by atoms with van der Waals surface area (Å²) in [6.45, 7) is 3.71. The topological polar surface area (TPSA) is 45.2 Å². The zero-order valence-corrected chi connectivity index (χ0v) is 12.0. The minimum atomic E-state index is 0.795. The smallest absolute Gasteiger partial charge is 0.225 e. The predicted octanol–water partition coefficient (Wildman–Crippen LogP) is 1.96. The molecule has 2 aromatic rings. The maximum atomic E-state index is 4.38. The second-order valence-corrected chi connectivity index (χ2v) is 5.28. The lowest BCUT2D eigenvalue weighted by atomic mass is 10.3. The van der Waals surface area contributed by atoms with E-state index in [2.05, 4.69) is 40.7 Å². The van der Waals surface area contributed by atoms with Crippen LogP contribution in [0, 0.1) is 0 Å². The van der Waals surface area contributed by atoms with Crippen molar-refractivity contribution in [3.8, 4) is 0 Å². The van der Waals surface area contributed by atoms with Gasteiger partial charge in [0.1, 0.15) is 5.82 Å². The van der Waals surface area contributed by atoms with E-state index in [9.17, 15) is 0 Å². The number of pyridine rings is 1. The van der Waals surface area contributed by atoms with Crippen LogP contribution >= 0.6 is 15.9 Å². The van der Waals surface area contributed by atoms with Crippen molar-refractivity contribution in [1.29, 1.82) is 0 Å². The minimum absolute atomic E-state index is 0.795. The normalized spacial score (nSPS) is 15.6. The maximum absolute atomic E-state index is 4.38. The van der Waals surface area contributed by atoms with Crippen molar-refractivity contribution in [1.82, 2.24) is 15.0 Å². The Morgan fingerprint density at radius 1 is 0.895 bits per heavy atom. The molecule has 0 aliphatic carbocycles. The number of piperazine rings is 1. The van der Waals surface area contributed by atoms with Crippen LogP contribution in [0.4, 0.5) is 11.8 Å². The van der Waals surface area contributed by atoms with Crippen LogP contribution in [0.15, 0.2) is 41.3 Å². The summed E-state index contributed by atoms with van der Waals surface area (Å²) in [7, 11) is 0. The number of nitrogens with zero attached hydrogens (tertiary/aromatic N) is 5. The van der Waals surface area contributed by atoms with Crippen LogP contribution < -0.4 is 9.80 Å². The predicted molar refractivity (Wildman–Crippen MR) is 78.4 cm³/mol. The zero-order valence-electron chi connectivity index (χ0n) is 10.4. The average Bonchev–Trinajstić information content (AvgIpc) is 2.49. The molecule has 0 spiro atoms. The first-order valence-corrected chi connectivity index (χ1v) is 7.01. The van der Waals surface area contributed by atoms with E-state index in [1.54, 1.807) is 12.4 Å². The van der Waals surface area contributed by atoms with Crippen LogP contribution in [-0.4, -0.2) is 41.1 Å². The van der Waals surface area contributed by atoms with E-state index in [4.69, 9.17) is 0 Å². The zero-order chi connectivity index (χ0) is 13.1. The third kappa shape index (κ3) is 2.84. The van der Waals surface area contributed by atoms with Crippen molar-refractivity contribution in [2.45, 2.75) is 0 Å². The van der Waals surface area contributed by atoms with Crippen LogP contribution in [-0.2, 0) is 0 Å². The van der Waals surface area contributed by atoms with Gasteiger partial charge in [-0.15, -0.1) is 0 Å². The van der Waals surface area contributed by atoms with Crippen molar-refractivity contribution in [2.24, 2.45) is 0 Å². The van der Waals surface area contributed by atoms with Crippen LogP contribution in [0.1, 0.15) is 0 Å². The van der Waals surface area contributed by atoms with E-state index in [1.807, 2.05) is 24.4 Å². The summed E-state index contributed by atoms with van der Waals surface area (Å²) >= 11 is 3.35. The van der Waals surface area contributed by atoms with Crippen molar-refractivity contribution in [2.75, 3.05) is 36.0 Å². The van der Waals surface area contributed by atoms with E-state index in [0.717, 1.165) is 42.4 Å². The molecule has 5 nitrogen and oxygen atoms in total. The molecule has 1 aliphatic rings. The number of rotatable bonds is 2. The Kier molecular flexibility index (Phi) is 3.59. The molecule has 3 rings (SSSR count). The highest BCUT2D eigenvalue weighted by atomic mass is 79.9. The monoisotopic (exact) mass is 319 g/mol. The molecule has 0 N–H and O–H groups in total. The van der Waals surface area contributed by atoms with Gasteiger partial charge in [-0.25, -0.2) is 15.0 Å². The number of anilines is 2. The first-order valence-electron chi connectivity index (χ1n) is 6.21. The molecule has 3 heterocycles. The van der Waals surface area contributed by atoms with E-state index in [-0.39, 0.29) is 0 Å². The van der Waals surface area contributed by atoms with Gasteiger partial charge in [0.15, 0.2) is 0 Å². The number of hydrogen-bond donors (Lipinski definition) is 0. The molecule has 0 atom stereocenters. The van der Waals surface area contributed by atoms with Gasteiger partial charge in [-0.3, -0.25) is 0 Å². The molecule has 2 aromatic heterocycles. The van der Waals surface area contributed by atoms with Gasteiger partial charge in [0.25, 0.3) is 0 Å². The average molecular weight is 320 g/mol. The van der Waals surface area contributed by atoms with Gasteiger partial charge < -0.3 is 9.80 Å². The lowest BCUT2D eigenvalue weighted by molar-refractivity contribution is 0.634. The summed E-state index contributed by atoms with van der Waals surface area (Å²) in [6, 6.07) is 6.01. The molecule has 1 saturated heterocycles. The van der Waals surface area contributed by atoms with Crippen molar-refractivity contribution in [3.05, 3.63) is 41.3 Å². The van der Waals surface area contributed by atoms with Crippen LogP contribution in [0.2, 0.25) is 0 Å². The molecule has 1 aliphatic heterocycles. The summed E-state index contributed by atoms with van der Waals surface area (Å²) < 4.78 is 0.906. The molecule has 0 radical (unpaired) electrons. The Bertz CT molecular complexity index is 522. The van der Waals surface area contributed by atoms with E-state index in [1.165, 1.54) is 0 Å². The molecule has 98 valence electrons. The Morgan fingerprint density at radius 2 is 1.58 bits per heavy atom. The first kappa shape index (κ1) is 12.3. The summed E-state index contributed by atoms with van der Waals surface area (Å²) in [5.74, 6) is 1.84. The van der Waals surface area contributed by atoms with Crippen LogP contribution in [0.25, 0.3) is 0 Å². The Morgan fingerprint density at radius 3 is 2.21 bits per heavy atom. The number of aromatic nitrogens is 3. The quantitative estimate of drug-likeness (QED) is 0.846. The van der Waals surface area contributed by atoms with Gasteiger partial charge in [-0.1, -0.05) is 6.07 Å². The molecular weight excluding hydrogens is 306 g/mol. The fraction of sp³-hybridized carbons (Fsp3) is 0.308. The number of hydrogen-bond acceptors (Lipinski definition) is 5. The van der Waals surface area contributed by atoms with Gasteiger partial charge >= 0.3 is 0 Å². The second-order valence-electron chi connectivity index (χ2n) is 4.36. The second kappa shape index (κ2) is 5.52. The lowest BCUT2D eigenvalue weighted by Gasteiger charge is -2.35. The SMILES string of the molecule is Brc1cnc(N2CCN(c3ccccn3)CC2)nc1. The van der Waals surface area contributed by atoms with Crippen molar-refractivity contribution >= 4 is 27.7 Å². The van der Waals surface area contributed by atoms with Gasteiger partial charge in [-0.05, 0) is 28.1 Å². The highest BCUT2D eigenvalue weighted by Crippen LogP contribution is 2.16. The Balaban J connectivity index is 1.65. The molecule has 0 unspecified atom stereocenters. The van der Waals surface area contributed by atoms with Gasteiger partial charge in [0.2, 0.25) is 5.95 Å². The highest BCUT2D eigenvalue weighted by molar-refractivity contribution is 9.10. The summed E-state index contributed by atoms with van der Waals surface area (Å²) in [4.78, 5) is 17.5. The standard InChI is InChI=1S/C13H14BrN5/c14-11-9-16-13(17-10-11)19-7-5-18(6-8-19)12-3-1-2-4-15-12/h1-4,9-10H,5-8H2. The minimum Gasteiger partial charge on any atom is -0.353 e. The lowest BCUT2D eigenvalue weighted by Crippen LogP contribution is -2.47. The molecular formula is C13H14BrN5. The van der Waals surface area contributed by atoms with E-state index in [0.29, 0.717) is 0 Å². The summed E-state index contributed by atoms with van der Waals surface area (Å²) in [5, 5.41) is 0. The first-order chi connectivity index (χ1) is 9.33. The van der Waals surface area contributed by atoms with Crippen molar-refractivity contribution in [3.63, 3.8) is 0 Å². The third-order valence-corrected chi connectivity index (χ3v) is 3.55. The third-order valence-electron chi connectivity index (χ3n) is 3.14. The molecule has 0 amide bonds. The largest absolute Gasteiger partial charge is 0.353 e. The van der Waals surface area contributed by atoms with Crippen LogP contribution in [0.3, 0.4) is 0 Å². The molecule has 0 saturated carbocycles. The molecule has 1 fully saturated rings. The number of halogens is 1. The Labute approximate surface area is 120 Å². The van der Waals surface area contributed by atoms with Crippen LogP contribution in [0.5, 0.6) is 0 Å². The van der Waals surface area contributed by atoms with Gasteiger partial charge in [0.05, 0.1) is 4.47 Å². The van der Waals surface area contributed by atoms with E-state index < -0.39 is 0 Å². The summed E-state index contributed by atoms with van der Waals surface area (Å²) in [5.41, 5.74) is 0. The molecule has 0 bridgehead atoms. The van der Waals surface area contributed by atoms with Crippen molar-refractivity contribution < 1.29 is 0 Å².